The highest BCUT2D eigenvalue weighted by atomic mass is 19.4. The number of hydrogen-bond acceptors (Lipinski definition) is 7. The highest BCUT2D eigenvalue weighted by Crippen LogP contribution is 2.31. The van der Waals surface area contributed by atoms with Crippen molar-refractivity contribution in [2.24, 2.45) is 7.05 Å². The molecule has 0 radical (unpaired) electrons. The van der Waals surface area contributed by atoms with Gasteiger partial charge >= 0.3 is 12.5 Å². The van der Waals surface area contributed by atoms with E-state index in [4.69, 9.17) is 9.47 Å². The Hall–Kier alpha value is -4.85. The summed E-state index contributed by atoms with van der Waals surface area (Å²) in [6.45, 7) is 0.427. The van der Waals surface area contributed by atoms with Crippen LogP contribution in [0.2, 0.25) is 0 Å². The summed E-state index contributed by atoms with van der Waals surface area (Å²) in [4.78, 5) is 39.4. The number of carboxylic acid groups (broad SMARTS) is 1. The predicted octanol–water partition coefficient (Wildman–Crippen LogP) is 3.82. The molecule has 1 amide bonds. The summed E-state index contributed by atoms with van der Waals surface area (Å²) >= 11 is 0. The first kappa shape index (κ1) is 27.2. The zero-order valence-corrected chi connectivity index (χ0v) is 20.5. The van der Waals surface area contributed by atoms with Gasteiger partial charge in [0.2, 0.25) is 0 Å². The highest BCUT2D eigenvalue weighted by molar-refractivity contribution is 6.03. The number of nitrogens with zero attached hydrogens (tertiary/aromatic N) is 4. The van der Waals surface area contributed by atoms with Crippen LogP contribution in [0.25, 0.3) is 16.5 Å². The zero-order chi connectivity index (χ0) is 28.3. The van der Waals surface area contributed by atoms with E-state index in [-0.39, 0.29) is 46.9 Å². The van der Waals surface area contributed by atoms with E-state index in [1.807, 2.05) is 0 Å². The molecular weight excluding hydrogens is 525 g/mol. The Kier molecular flexibility index (Phi) is 7.58. The van der Waals surface area contributed by atoms with Crippen LogP contribution in [-0.4, -0.2) is 52.2 Å². The Morgan fingerprint density at radius 3 is 2.33 bits per heavy atom. The molecule has 0 unspecified atom stereocenters. The lowest BCUT2D eigenvalue weighted by Crippen LogP contribution is -2.34. The fraction of sp³-hybridized carbons (Fsp3) is 0.200. The maximum Gasteiger partial charge on any atom is 0.573 e. The summed E-state index contributed by atoms with van der Waals surface area (Å²) in [5, 5.41) is 14.4. The third-order valence-electron chi connectivity index (χ3n) is 5.47. The third kappa shape index (κ3) is 5.85. The molecule has 11 nitrogen and oxygen atoms in total. The van der Waals surface area contributed by atoms with Gasteiger partial charge in [-0.25, -0.2) is 9.69 Å². The quantitative estimate of drug-likeness (QED) is 0.331. The number of pyridine rings is 1. The van der Waals surface area contributed by atoms with E-state index in [1.165, 1.54) is 55.3 Å². The minimum atomic E-state index is -4.92. The van der Waals surface area contributed by atoms with Crippen molar-refractivity contribution >= 4 is 28.4 Å². The van der Waals surface area contributed by atoms with Crippen LogP contribution in [0, 0.1) is 0 Å². The molecule has 2 heterocycles. The number of carbonyl (C=O) groups is 1. The van der Waals surface area contributed by atoms with Crippen molar-refractivity contribution < 1.29 is 37.3 Å². The van der Waals surface area contributed by atoms with Gasteiger partial charge in [0.25, 0.3) is 11.1 Å². The number of alkyl halides is 3. The van der Waals surface area contributed by atoms with Crippen LogP contribution < -0.4 is 25.5 Å². The summed E-state index contributed by atoms with van der Waals surface area (Å²) in [5.74, 6) is -0.555. The number of aryl methyl sites for hydroxylation is 1. The standard InChI is InChI=1S/C25H21F3N4O7/c1-30-11-3-4-20(23(30)34)31(24(35)36)21-18-10-9-17(38-13-12-37-2)14-19(18)22(33)32(29-21)15-5-7-16(8-6-15)39-25(26,27)28/h3-11,14H,12-13H2,1-2H3,(H,35,36). The van der Waals surface area contributed by atoms with Gasteiger partial charge in [0, 0.05) is 25.7 Å². The number of rotatable bonds is 8. The van der Waals surface area contributed by atoms with E-state index in [1.54, 1.807) is 0 Å². The van der Waals surface area contributed by atoms with Crippen molar-refractivity contribution in [3.63, 3.8) is 0 Å². The molecule has 0 aliphatic rings. The molecule has 0 spiro atoms. The fourth-order valence-corrected chi connectivity index (χ4v) is 3.73. The normalized spacial score (nSPS) is 11.4. The molecule has 0 saturated carbocycles. The molecule has 0 aliphatic carbocycles. The van der Waals surface area contributed by atoms with Crippen LogP contribution in [0.4, 0.5) is 29.5 Å². The SMILES string of the molecule is COCCOc1ccc2c(N(C(=O)O)c3cccn(C)c3=O)nn(-c3ccc(OC(F)(F)F)cc3)c(=O)c2c1. The first-order chi connectivity index (χ1) is 18.5. The molecule has 0 atom stereocenters. The average molecular weight is 546 g/mol. The molecule has 0 aliphatic heterocycles. The monoisotopic (exact) mass is 546 g/mol. The number of methoxy groups -OCH3 is 1. The van der Waals surface area contributed by atoms with Crippen LogP contribution in [0.15, 0.2) is 70.4 Å². The van der Waals surface area contributed by atoms with Crippen molar-refractivity contribution in [2.45, 2.75) is 6.36 Å². The third-order valence-corrected chi connectivity index (χ3v) is 5.47. The summed E-state index contributed by atoms with van der Waals surface area (Å²) in [6.07, 6.45) is -5.05. The first-order valence-electron chi connectivity index (χ1n) is 11.2. The highest BCUT2D eigenvalue weighted by Gasteiger charge is 2.31. The molecule has 0 fully saturated rings. The Balaban J connectivity index is 1.96. The number of halogens is 3. The topological polar surface area (TPSA) is 125 Å². The Labute approximate surface area is 217 Å². The fourth-order valence-electron chi connectivity index (χ4n) is 3.73. The summed E-state index contributed by atoms with van der Waals surface area (Å²) in [6, 6.07) is 11.3. The molecule has 0 bridgehead atoms. The maximum absolute atomic E-state index is 13.5. The largest absolute Gasteiger partial charge is 0.573 e. The number of benzene rings is 2. The first-order valence-corrected chi connectivity index (χ1v) is 11.2. The van der Waals surface area contributed by atoms with Gasteiger partial charge in [0.15, 0.2) is 5.82 Å². The summed E-state index contributed by atoms with van der Waals surface area (Å²) in [5.41, 5.74) is -1.63. The second-order valence-electron chi connectivity index (χ2n) is 8.06. The van der Waals surface area contributed by atoms with Gasteiger partial charge in [-0.2, -0.15) is 4.68 Å². The smallest absolute Gasteiger partial charge is 0.491 e. The zero-order valence-electron chi connectivity index (χ0n) is 20.5. The summed E-state index contributed by atoms with van der Waals surface area (Å²) < 4.78 is 54.2. The average Bonchev–Trinajstić information content (AvgIpc) is 2.88. The van der Waals surface area contributed by atoms with E-state index < -0.39 is 29.3 Å². The van der Waals surface area contributed by atoms with Crippen LogP contribution in [0.1, 0.15) is 0 Å². The lowest BCUT2D eigenvalue weighted by molar-refractivity contribution is -0.274. The molecule has 0 saturated heterocycles. The van der Waals surface area contributed by atoms with Gasteiger partial charge in [-0.05, 0) is 54.6 Å². The number of fused-ring (bicyclic) bond motifs is 1. The van der Waals surface area contributed by atoms with E-state index in [9.17, 15) is 32.7 Å². The minimum Gasteiger partial charge on any atom is -0.491 e. The number of ether oxygens (including phenoxy) is 3. The molecule has 4 rings (SSSR count). The van der Waals surface area contributed by atoms with Crippen molar-refractivity contribution in [1.29, 1.82) is 0 Å². The minimum absolute atomic E-state index is 0.00896. The molecule has 1 N–H and O–H groups in total. The second-order valence-corrected chi connectivity index (χ2v) is 8.06. The van der Waals surface area contributed by atoms with E-state index in [2.05, 4.69) is 9.84 Å². The second kappa shape index (κ2) is 10.9. The van der Waals surface area contributed by atoms with E-state index in [0.29, 0.717) is 4.90 Å². The lowest BCUT2D eigenvalue weighted by Gasteiger charge is -2.21. The van der Waals surface area contributed by atoms with Crippen molar-refractivity contribution in [1.82, 2.24) is 14.3 Å². The summed E-state index contributed by atoms with van der Waals surface area (Å²) in [7, 11) is 2.92. The molecule has 204 valence electrons. The molecule has 14 heteroatoms. The van der Waals surface area contributed by atoms with Crippen LogP contribution >= 0.6 is 0 Å². The van der Waals surface area contributed by atoms with Gasteiger partial charge in [-0.3, -0.25) is 9.59 Å². The van der Waals surface area contributed by atoms with E-state index in [0.717, 1.165) is 28.9 Å². The van der Waals surface area contributed by atoms with Gasteiger partial charge < -0.3 is 23.9 Å². The predicted molar refractivity (Wildman–Crippen MR) is 133 cm³/mol. The molecule has 39 heavy (non-hydrogen) atoms. The van der Waals surface area contributed by atoms with Crippen molar-refractivity contribution in [3.05, 3.63) is 81.5 Å². The number of amides is 1. The van der Waals surface area contributed by atoms with Crippen molar-refractivity contribution in [2.75, 3.05) is 25.2 Å². The molecule has 2 aromatic carbocycles. The van der Waals surface area contributed by atoms with Gasteiger partial charge in [-0.1, -0.05) is 0 Å². The Bertz CT molecular complexity index is 1630. The van der Waals surface area contributed by atoms with Gasteiger partial charge in [0.05, 0.1) is 17.7 Å². The Morgan fingerprint density at radius 2 is 1.69 bits per heavy atom. The molecule has 2 aromatic heterocycles. The number of anilines is 2. The number of hydrogen-bond donors (Lipinski definition) is 1. The van der Waals surface area contributed by atoms with Crippen LogP contribution in [-0.2, 0) is 11.8 Å². The Morgan fingerprint density at radius 1 is 1.00 bits per heavy atom. The molecular formula is C25H21F3N4O7. The number of aromatic nitrogens is 3. The van der Waals surface area contributed by atoms with Gasteiger partial charge in [0.1, 0.15) is 23.8 Å². The molecule has 4 aromatic rings. The van der Waals surface area contributed by atoms with Crippen molar-refractivity contribution in [3.8, 4) is 17.2 Å². The lowest BCUT2D eigenvalue weighted by atomic mass is 10.1. The van der Waals surface area contributed by atoms with Gasteiger partial charge in [-0.15, -0.1) is 18.3 Å². The maximum atomic E-state index is 13.5. The van der Waals surface area contributed by atoms with E-state index >= 15 is 0 Å². The van der Waals surface area contributed by atoms with Crippen LogP contribution in [0.5, 0.6) is 11.5 Å². The van der Waals surface area contributed by atoms with Crippen LogP contribution in [0.3, 0.4) is 0 Å².